The number of rotatable bonds is 9. The molecule has 9 nitrogen and oxygen atoms in total. The highest BCUT2D eigenvalue weighted by Gasteiger charge is 2.21. The van der Waals surface area contributed by atoms with Crippen molar-refractivity contribution in [2.75, 3.05) is 0 Å². The van der Waals surface area contributed by atoms with E-state index in [0.29, 0.717) is 18.9 Å². The van der Waals surface area contributed by atoms with Gasteiger partial charge in [0.1, 0.15) is 6.17 Å². The number of carboxylic acid groups (broad SMARTS) is 1. The molecule has 0 aliphatic carbocycles. The third-order valence-electron chi connectivity index (χ3n) is 6.43. The highest BCUT2D eigenvalue weighted by Crippen LogP contribution is 2.30. The largest absolute Gasteiger partial charge is 0.478 e. The van der Waals surface area contributed by atoms with E-state index in [1.54, 1.807) is 23.3 Å². The standard InChI is InChI=1S/C29H28N6O3/c1-3-27-24(16-21-7-6-8-23(15-21)29(36)37)17-35(19(2)30-27)38-18-20-11-13-22(14-12-20)25-9-4-5-10-26(25)28-31-33-34-32-28/h4-15,17,19H,3,16,18H2,1-2H3,(H,36,37)(H,31,32,33,34). The van der Waals surface area contributed by atoms with Gasteiger partial charge < -0.3 is 5.11 Å². The zero-order valence-corrected chi connectivity index (χ0v) is 21.2. The Morgan fingerprint density at radius 1 is 1.03 bits per heavy atom. The summed E-state index contributed by atoms with van der Waals surface area (Å²) in [4.78, 5) is 22.4. The average Bonchev–Trinajstić information content (AvgIpc) is 3.48. The number of aliphatic imine (C=N–C) groups is 1. The van der Waals surface area contributed by atoms with Crippen molar-refractivity contribution in [3.63, 3.8) is 0 Å². The molecule has 0 radical (unpaired) electrons. The third-order valence-corrected chi connectivity index (χ3v) is 6.43. The number of hydrogen-bond donors (Lipinski definition) is 2. The molecule has 1 aromatic heterocycles. The van der Waals surface area contributed by atoms with Crippen LogP contribution in [-0.2, 0) is 17.9 Å². The van der Waals surface area contributed by atoms with E-state index in [9.17, 15) is 9.90 Å². The van der Waals surface area contributed by atoms with Gasteiger partial charge >= 0.3 is 5.97 Å². The van der Waals surface area contributed by atoms with Crippen LogP contribution >= 0.6 is 0 Å². The topological polar surface area (TPSA) is 117 Å². The van der Waals surface area contributed by atoms with Crippen LogP contribution in [0.1, 0.15) is 41.8 Å². The Morgan fingerprint density at radius 3 is 2.53 bits per heavy atom. The van der Waals surface area contributed by atoms with E-state index < -0.39 is 5.97 Å². The van der Waals surface area contributed by atoms with Crippen LogP contribution in [-0.4, -0.2) is 48.6 Å². The molecule has 5 rings (SSSR count). The Morgan fingerprint density at radius 2 is 1.82 bits per heavy atom. The van der Waals surface area contributed by atoms with Crippen molar-refractivity contribution in [2.24, 2.45) is 4.99 Å². The number of aromatic carboxylic acids is 1. The number of nitrogens with one attached hydrogen (secondary N) is 1. The molecule has 3 aromatic carbocycles. The highest BCUT2D eigenvalue weighted by molar-refractivity contribution is 6.01. The summed E-state index contributed by atoms with van der Waals surface area (Å²) in [6.07, 6.45) is 3.18. The predicted octanol–water partition coefficient (Wildman–Crippen LogP) is 5.30. The van der Waals surface area contributed by atoms with Crippen molar-refractivity contribution in [3.8, 4) is 22.5 Å². The smallest absolute Gasteiger partial charge is 0.335 e. The molecule has 38 heavy (non-hydrogen) atoms. The van der Waals surface area contributed by atoms with Crippen LogP contribution in [0, 0.1) is 0 Å². The third kappa shape index (κ3) is 5.52. The first kappa shape index (κ1) is 25.0. The van der Waals surface area contributed by atoms with Crippen LogP contribution in [0.2, 0.25) is 0 Å². The van der Waals surface area contributed by atoms with Crippen LogP contribution < -0.4 is 0 Å². The van der Waals surface area contributed by atoms with Crippen molar-refractivity contribution < 1.29 is 14.7 Å². The molecule has 0 spiro atoms. The second kappa shape index (κ2) is 11.2. The maximum Gasteiger partial charge on any atom is 0.335 e. The average molecular weight is 509 g/mol. The van der Waals surface area contributed by atoms with Crippen molar-refractivity contribution in [1.29, 1.82) is 0 Å². The Kier molecular flexibility index (Phi) is 7.37. The van der Waals surface area contributed by atoms with Gasteiger partial charge in [0.25, 0.3) is 0 Å². The fourth-order valence-corrected chi connectivity index (χ4v) is 4.48. The van der Waals surface area contributed by atoms with Crippen molar-refractivity contribution in [1.82, 2.24) is 25.7 Å². The number of hydroxylamine groups is 2. The van der Waals surface area contributed by atoms with E-state index in [-0.39, 0.29) is 11.7 Å². The summed E-state index contributed by atoms with van der Waals surface area (Å²) in [5.41, 5.74) is 7.21. The first-order chi connectivity index (χ1) is 18.5. The molecule has 2 N–H and O–H groups in total. The maximum atomic E-state index is 11.4. The van der Waals surface area contributed by atoms with Gasteiger partial charge in [0.15, 0.2) is 0 Å². The van der Waals surface area contributed by atoms with E-state index in [0.717, 1.165) is 45.5 Å². The monoisotopic (exact) mass is 508 g/mol. The molecule has 0 amide bonds. The lowest BCUT2D eigenvalue weighted by molar-refractivity contribution is -0.155. The first-order valence-electron chi connectivity index (χ1n) is 12.4. The summed E-state index contributed by atoms with van der Waals surface area (Å²) in [6.45, 7) is 4.44. The fraction of sp³-hybridized carbons (Fsp3) is 0.207. The summed E-state index contributed by atoms with van der Waals surface area (Å²) in [5, 5.41) is 25.5. The molecule has 9 heteroatoms. The van der Waals surface area contributed by atoms with Gasteiger partial charge in [0.2, 0.25) is 5.82 Å². The minimum absolute atomic E-state index is 0.167. The molecule has 192 valence electrons. The first-order valence-corrected chi connectivity index (χ1v) is 12.4. The Labute approximate surface area is 220 Å². The number of carboxylic acids is 1. The Hall–Kier alpha value is -4.63. The molecule has 1 aliphatic rings. The summed E-state index contributed by atoms with van der Waals surface area (Å²) >= 11 is 0. The number of nitrogens with zero attached hydrogens (tertiary/aromatic N) is 5. The SMILES string of the molecule is CCC1=NC(C)N(OCc2ccc(-c3ccccc3-c3nn[nH]n3)cc2)C=C1Cc1cccc(C(=O)O)c1. The number of aromatic nitrogens is 4. The van der Waals surface area contributed by atoms with E-state index in [4.69, 9.17) is 9.83 Å². The van der Waals surface area contributed by atoms with Crippen LogP contribution in [0.25, 0.3) is 22.5 Å². The fourth-order valence-electron chi connectivity index (χ4n) is 4.48. The molecule has 0 saturated carbocycles. The van der Waals surface area contributed by atoms with Gasteiger partial charge in [-0.15, -0.1) is 10.2 Å². The van der Waals surface area contributed by atoms with E-state index in [1.807, 2.05) is 55.6 Å². The zero-order chi connectivity index (χ0) is 26.5. The minimum Gasteiger partial charge on any atom is -0.478 e. The van der Waals surface area contributed by atoms with E-state index in [1.165, 1.54) is 0 Å². The zero-order valence-electron chi connectivity index (χ0n) is 21.2. The minimum atomic E-state index is -0.934. The van der Waals surface area contributed by atoms with E-state index >= 15 is 0 Å². The van der Waals surface area contributed by atoms with Crippen LogP contribution in [0.3, 0.4) is 0 Å². The number of tetrazole rings is 1. The summed E-state index contributed by atoms with van der Waals surface area (Å²) in [6, 6.07) is 23.2. The lowest BCUT2D eigenvalue weighted by Crippen LogP contribution is -2.33. The highest BCUT2D eigenvalue weighted by atomic mass is 16.7. The van der Waals surface area contributed by atoms with Gasteiger partial charge in [-0.25, -0.2) is 9.86 Å². The quantitative estimate of drug-likeness (QED) is 0.315. The van der Waals surface area contributed by atoms with E-state index in [2.05, 4.69) is 39.7 Å². The van der Waals surface area contributed by atoms with Gasteiger partial charge in [-0.2, -0.15) is 5.21 Å². The lowest BCUT2D eigenvalue weighted by Gasteiger charge is -2.30. The number of aromatic amines is 1. The number of hydrogen-bond acceptors (Lipinski definition) is 7. The molecule has 1 aliphatic heterocycles. The van der Waals surface area contributed by atoms with Gasteiger partial charge in [0, 0.05) is 23.9 Å². The summed E-state index contributed by atoms with van der Waals surface area (Å²) in [5.74, 6) is -0.381. The number of allylic oxidation sites excluding steroid dienone is 1. The Bertz CT molecular complexity index is 1480. The van der Waals surface area contributed by atoms with Gasteiger partial charge in [0.05, 0.1) is 12.2 Å². The number of carbonyl (C=O) groups is 1. The van der Waals surface area contributed by atoms with Gasteiger partial charge in [-0.05, 0) is 58.5 Å². The summed E-state index contributed by atoms with van der Waals surface area (Å²) in [7, 11) is 0. The summed E-state index contributed by atoms with van der Waals surface area (Å²) < 4.78 is 0. The molecule has 2 heterocycles. The molecule has 0 saturated heterocycles. The second-order valence-electron chi connectivity index (χ2n) is 9.01. The van der Waals surface area contributed by atoms with Gasteiger partial charge in [-0.1, -0.05) is 67.6 Å². The van der Waals surface area contributed by atoms with Crippen LogP contribution in [0.4, 0.5) is 0 Å². The van der Waals surface area contributed by atoms with Crippen LogP contribution in [0.5, 0.6) is 0 Å². The van der Waals surface area contributed by atoms with Crippen molar-refractivity contribution in [3.05, 3.63) is 101 Å². The van der Waals surface area contributed by atoms with Crippen molar-refractivity contribution in [2.45, 2.75) is 39.5 Å². The number of H-pyrrole nitrogens is 1. The van der Waals surface area contributed by atoms with Crippen molar-refractivity contribution >= 4 is 11.7 Å². The lowest BCUT2D eigenvalue weighted by atomic mass is 9.98. The predicted molar refractivity (Wildman–Crippen MR) is 144 cm³/mol. The molecule has 4 aromatic rings. The normalized spacial score (nSPS) is 15.2. The van der Waals surface area contributed by atoms with Gasteiger partial charge in [-0.3, -0.25) is 9.83 Å². The second-order valence-corrected chi connectivity index (χ2v) is 9.01. The number of benzene rings is 3. The molecule has 0 fully saturated rings. The molecule has 1 unspecified atom stereocenters. The van der Waals surface area contributed by atoms with Crippen LogP contribution in [0.15, 0.2) is 89.6 Å². The molecular formula is C29H28N6O3. The molecule has 0 bridgehead atoms. The Balaban J connectivity index is 1.29. The molecular weight excluding hydrogens is 480 g/mol. The molecule has 1 atom stereocenters. The maximum absolute atomic E-state index is 11.4.